The summed E-state index contributed by atoms with van der Waals surface area (Å²) in [5.74, 6) is 0.728. The van der Waals surface area contributed by atoms with E-state index in [0.29, 0.717) is 0 Å². The van der Waals surface area contributed by atoms with Crippen LogP contribution < -0.4 is 0 Å². The van der Waals surface area contributed by atoms with Gasteiger partial charge in [0.05, 0.1) is 4.58 Å². The zero-order valence-electron chi connectivity index (χ0n) is 2.63. The Balaban J connectivity index is 2.54. The van der Waals surface area contributed by atoms with E-state index >= 15 is 0 Å². The number of hydrogen-bond donors (Lipinski definition) is 3. The van der Waals surface area contributed by atoms with E-state index in [9.17, 15) is 0 Å². The van der Waals surface area contributed by atoms with Crippen LogP contribution in [0.25, 0.3) is 0 Å². The maximum absolute atomic E-state index is 3.89. The Hall–Kier alpha value is 1.05. The third-order valence-corrected chi connectivity index (χ3v) is 1.47. The van der Waals surface area contributed by atoms with Crippen molar-refractivity contribution in [1.29, 1.82) is 0 Å². The smallest absolute Gasteiger partial charge is 0.0530 e. The van der Waals surface area contributed by atoms with Crippen molar-refractivity contribution in [2.24, 2.45) is 0 Å². The lowest BCUT2D eigenvalue weighted by atomic mass is 10.9. The second-order valence-corrected chi connectivity index (χ2v) is 2.68. The second-order valence-electron chi connectivity index (χ2n) is 0.663. The van der Waals surface area contributed by atoms with Crippen molar-refractivity contribution in [1.82, 2.24) is 0 Å². The maximum Gasteiger partial charge on any atom is 0.0530 e. The molecule has 5 heavy (non-hydrogen) atoms. The second kappa shape index (κ2) is 3.25. The van der Waals surface area contributed by atoms with E-state index in [0.717, 1.165) is 5.75 Å². The standard InChI is InChI=1S/C2H6S3/c3-1-2(4)5/h2-5H,1H2. The van der Waals surface area contributed by atoms with E-state index < -0.39 is 0 Å². The molecule has 0 aliphatic heterocycles. The van der Waals surface area contributed by atoms with Gasteiger partial charge in [-0.05, 0) is 0 Å². The monoisotopic (exact) mass is 126 g/mol. The van der Waals surface area contributed by atoms with Crippen molar-refractivity contribution in [3.8, 4) is 0 Å². The largest absolute Gasteiger partial charge is 0.177 e. The summed E-state index contributed by atoms with van der Waals surface area (Å²) in [6.07, 6.45) is 0. The first-order valence-corrected chi connectivity index (χ1v) is 2.91. The lowest BCUT2D eigenvalue weighted by Crippen LogP contribution is -1.83. The SMILES string of the molecule is SCC(S)S. The minimum absolute atomic E-state index is 0.137. The van der Waals surface area contributed by atoms with Crippen LogP contribution in [-0.4, -0.2) is 10.3 Å². The van der Waals surface area contributed by atoms with Crippen LogP contribution in [0, 0.1) is 0 Å². The van der Waals surface area contributed by atoms with Gasteiger partial charge in [-0.3, -0.25) is 0 Å². The molecule has 0 spiro atoms. The fraction of sp³-hybridized carbons (Fsp3) is 1.00. The molecule has 0 aromatic rings. The van der Waals surface area contributed by atoms with Crippen LogP contribution in [0.1, 0.15) is 0 Å². The molecule has 0 aliphatic carbocycles. The molecule has 0 saturated heterocycles. The molecule has 0 amide bonds. The summed E-state index contributed by atoms with van der Waals surface area (Å²) in [6, 6.07) is 0. The number of hydrogen-bond acceptors (Lipinski definition) is 3. The van der Waals surface area contributed by atoms with Crippen LogP contribution >= 0.6 is 37.9 Å². The Bertz CT molecular complexity index is 18.9. The molecule has 0 nitrogen and oxygen atoms in total. The van der Waals surface area contributed by atoms with Gasteiger partial charge in [-0.15, -0.1) is 0 Å². The van der Waals surface area contributed by atoms with E-state index in [2.05, 4.69) is 37.9 Å². The highest BCUT2D eigenvalue weighted by Gasteiger charge is 1.82. The average Bonchev–Trinajstić information content (AvgIpc) is 1.38. The van der Waals surface area contributed by atoms with Crippen molar-refractivity contribution in [2.45, 2.75) is 4.58 Å². The van der Waals surface area contributed by atoms with Crippen molar-refractivity contribution >= 4 is 37.9 Å². The first-order chi connectivity index (χ1) is 2.27. The molecule has 0 rings (SSSR count). The summed E-state index contributed by atoms with van der Waals surface area (Å²) in [5.41, 5.74) is 0. The van der Waals surface area contributed by atoms with Crippen molar-refractivity contribution in [3.63, 3.8) is 0 Å². The van der Waals surface area contributed by atoms with Gasteiger partial charge < -0.3 is 0 Å². The molecule has 0 aliphatic rings. The molecule has 0 saturated carbocycles. The van der Waals surface area contributed by atoms with E-state index in [1.165, 1.54) is 0 Å². The normalized spacial score (nSPS) is 9.60. The van der Waals surface area contributed by atoms with Gasteiger partial charge in [-0.25, -0.2) is 0 Å². The zero-order chi connectivity index (χ0) is 4.28. The topological polar surface area (TPSA) is 0 Å². The third kappa shape index (κ3) is 5.05. The molecule has 0 unspecified atom stereocenters. The number of rotatable bonds is 1. The Morgan fingerprint density at radius 2 is 1.60 bits per heavy atom. The molecule has 0 radical (unpaired) electrons. The van der Waals surface area contributed by atoms with Crippen molar-refractivity contribution in [2.75, 3.05) is 5.75 Å². The van der Waals surface area contributed by atoms with Gasteiger partial charge in [0.15, 0.2) is 0 Å². The molecule has 0 fully saturated rings. The Kier molecular flexibility index (Phi) is 3.93. The minimum atomic E-state index is 0.137. The Labute approximate surface area is 48.6 Å². The average molecular weight is 126 g/mol. The predicted octanol–water partition coefficient (Wildman–Crippen LogP) is 1.10. The fourth-order valence-electron chi connectivity index (χ4n) is 0. The predicted molar refractivity (Wildman–Crippen MR) is 35.6 cm³/mol. The highest BCUT2D eigenvalue weighted by atomic mass is 32.2. The van der Waals surface area contributed by atoms with Gasteiger partial charge >= 0.3 is 0 Å². The molecule has 0 atom stereocenters. The summed E-state index contributed by atoms with van der Waals surface area (Å²) in [6.45, 7) is 0. The highest BCUT2D eigenvalue weighted by molar-refractivity contribution is 8.00. The van der Waals surface area contributed by atoms with Gasteiger partial charge in [0.25, 0.3) is 0 Å². The van der Waals surface area contributed by atoms with Gasteiger partial charge in [0.1, 0.15) is 0 Å². The first kappa shape index (κ1) is 6.05. The van der Waals surface area contributed by atoms with Crippen LogP contribution in [0.3, 0.4) is 0 Å². The van der Waals surface area contributed by atoms with E-state index in [4.69, 9.17) is 0 Å². The van der Waals surface area contributed by atoms with Gasteiger partial charge in [0.2, 0.25) is 0 Å². The molecule has 0 aromatic heterocycles. The summed E-state index contributed by atoms with van der Waals surface area (Å²) < 4.78 is 0.137. The van der Waals surface area contributed by atoms with Gasteiger partial charge in [0, 0.05) is 5.75 Å². The molecule has 0 heterocycles. The summed E-state index contributed by atoms with van der Waals surface area (Å²) in [7, 11) is 0. The lowest BCUT2D eigenvalue weighted by Gasteiger charge is -1.88. The van der Waals surface area contributed by atoms with E-state index in [-0.39, 0.29) is 4.58 Å². The summed E-state index contributed by atoms with van der Waals surface area (Å²) in [5, 5.41) is 0. The number of thiol groups is 3. The molecule has 0 aromatic carbocycles. The minimum Gasteiger partial charge on any atom is -0.177 e. The van der Waals surface area contributed by atoms with Crippen LogP contribution in [0.5, 0.6) is 0 Å². The van der Waals surface area contributed by atoms with E-state index in [1.54, 1.807) is 0 Å². The summed E-state index contributed by atoms with van der Waals surface area (Å²) >= 11 is 11.6. The van der Waals surface area contributed by atoms with Gasteiger partial charge in [-0.2, -0.15) is 37.9 Å². The van der Waals surface area contributed by atoms with Crippen LogP contribution in [0.15, 0.2) is 0 Å². The molecule has 3 heteroatoms. The van der Waals surface area contributed by atoms with Crippen LogP contribution in [-0.2, 0) is 0 Å². The highest BCUT2D eigenvalue weighted by Crippen LogP contribution is 1.99. The molecular formula is C2H6S3. The Morgan fingerprint density at radius 1 is 1.40 bits per heavy atom. The quantitative estimate of drug-likeness (QED) is 0.340. The zero-order valence-corrected chi connectivity index (χ0v) is 5.31. The summed E-state index contributed by atoms with van der Waals surface area (Å²) in [4.78, 5) is 0. The molecular weight excluding hydrogens is 120 g/mol. The van der Waals surface area contributed by atoms with E-state index in [1.807, 2.05) is 0 Å². The van der Waals surface area contributed by atoms with Gasteiger partial charge in [-0.1, -0.05) is 0 Å². The molecule has 0 N–H and O–H groups in total. The van der Waals surface area contributed by atoms with Crippen molar-refractivity contribution in [3.05, 3.63) is 0 Å². The Morgan fingerprint density at radius 3 is 1.60 bits per heavy atom. The molecule has 32 valence electrons. The molecule has 0 bridgehead atoms. The lowest BCUT2D eigenvalue weighted by molar-refractivity contribution is 1.49. The third-order valence-electron chi connectivity index (χ3n) is 0.163. The first-order valence-electron chi connectivity index (χ1n) is 1.24. The maximum atomic E-state index is 3.89. The fourth-order valence-corrected chi connectivity index (χ4v) is 0. The van der Waals surface area contributed by atoms with Crippen LogP contribution in [0.2, 0.25) is 0 Å². The van der Waals surface area contributed by atoms with Crippen LogP contribution in [0.4, 0.5) is 0 Å². The van der Waals surface area contributed by atoms with Crippen molar-refractivity contribution < 1.29 is 0 Å².